The zero-order valence-corrected chi connectivity index (χ0v) is 17.0. The van der Waals surface area contributed by atoms with E-state index in [2.05, 4.69) is 42.5 Å². The van der Waals surface area contributed by atoms with Gasteiger partial charge in [0.15, 0.2) is 9.84 Å². The topological polar surface area (TPSA) is 34.1 Å². The zero-order valence-electron chi connectivity index (χ0n) is 16.2. The fourth-order valence-electron chi connectivity index (χ4n) is 4.20. The van der Waals surface area contributed by atoms with Crippen LogP contribution in [0.1, 0.15) is 57.9 Å². The minimum atomic E-state index is -2.89. The fraction of sp³-hybridized carbons (Fsp3) is 0.565. The molecule has 142 valence electrons. The lowest BCUT2D eigenvalue weighted by atomic mass is 9.80. The van der Waals surface area contributed by atoms with Gasteiger partial charge in [-0.25, -0.2) is 8.42 Å². The van der Waals surface area contributed by atoms with E-state index < -0.39 is 9.84 Å². The summed E-state index contributed by atoms with van der Waals surface area (Å²) in [5.41, 5.74) is 1.43. The molecular formula is C23H32O2S. The minimum absolute atomic E-state index is 0.234. The third kappa shape index (κ3) is 5.09. The highest BCUT2D eigenvalue weighted by Crippen LogP contribution is 2.33. The molecule has 2 aromatic rings. The smallest absolute Gasteiger partial charge is 0.152 e. The molecule has 1 aliphatic carbocycles. The molecule has 0 bridgehead atoms. The van der Waals surface area contributed by atoms with Crippen molar-refractivity contribution in [3.8, 4) is 0 Å². The number of aryl methyl sites for hydroxylation is 1. The van der Waals surface area contributed by atoms with Crippen LogP contribution < -0.4 is 0 Å². The van der Waals surface area contributed by atoms with Gasteiger partial charge in [-0.3, -0.25) is 0 Å². The molecule has 3 heteroatoms. The molecule has 2 nitrogen and oxygen atoms in total. The van der Waals surface area contributed by atoms with E-state index in [0.717, 1.165) is 25.2 Å². The van der Waals surface area contributed by atoms with Crippen LogP contribution in [0.3, 0.4) is 0 Å². The van der Waals surface area contributed by atoms with Crippen LogP contribution in [0.5, 0.6) is 0 Å². The minimum Gasteiger partial charge on any atom is -0.229 e. The highest BCUT2D eigenvalue weighted by atomic mass is 32.2. The van der Waals surface area contributed by atoms with Gasteiger partial charge in [-0.15, -0.1) is 0 Å². The van der Waals surface area contributed by atoms with Crippen molar-refractivity contribution in [1.29, 1.82) is 0 Å². The van der Waals surface area contributed by atoms with E-state index in [4.69, 9.17) is 0 Å². The Hall–Kier alpha value is -1.35. The standard InChI is InChI=1S/C23H32O2S/c1-18(2)26(24,25)17-21-12-10-19(11-13-21)6-5-7-20-14-15-22-8-3-4-9-23(22)16-20/h3-4,8-9,14-16,18-19,21H,5-7,10-13,17H2,1-2H3. The molecule has 0 atom stereocenters. The van der Waals surface area contributed by atoms with Crippen LogP contribution >= 0.6 is 0 Å². The van der Waals surface area contributed by atoms with Crippen molar-refractivity contribution < 1.29 is 8.42 Å². The van der Waals surface area contributed by atoms with Crippen molar-refractivity contribution in [1.82, 2.24) is 0 Å². The molecule has 0 radical (unpaired) electrons. The first-order chi connectivity index (χ1) is 12.4. The van der Waals surface area contributed by atoms with Crippen molar-refractivity contribution in [2.75, 3.05) is 5.75 Å². The molecule has 3 rings (SSSR count). The molecule has 0 N–H and O–H groups in total. The summed E-state index contributed by atoms with van der Waals surface area (Å²) < 4.78 is 24.2. The Morgan fingerprint density at radius 1 is 0.923 bits per heavy atom. The summed E-state index contributed by atoms with van der Waals surface area (Å²) in [4.78, 5) is 0. The van der Waals surface area contributed by atoms with Gasteiger partial charge in [0.25, 0.3) is 0 Å². The molecule has 2 aromatic carbocycles. The van der Waals surface area contributed by atoms with E-state index in [-0.39, 0.29) is 5.25 Å². The lowest BCUT2D eigenvalue weighted by Crippen LogP contribution is -2.26. The third-order valence-electron chi connectivity index (χ3n) is 6.04. The average Bonchev–Trinajstić information content (AvgIpc) is 2.63. The summed E-state index contributed by atoms with van der Waals surface area (Å²) in [6, 6.07) is 15.3. The van der Waals surface area contributed by atoms with Crippen molar-refractivity contribution in [2.24, 2.45) is 11.8 Å². The van der Waals surface area contributed by atoms with Crippen LogP contribution in [0.4, 0.5) is 0 Å². The first-order valence-electron chi connectivity index (χ1n) is 10.1. The van der Waals surface area contributed by atoms with Crippen LogP contribution in [0, 0.1) is 11.8 Å². The Bertz CT molecular complexity index is 815. The summed E-state index contributed by atoms with van der Waals surface area (Å²) in [7, 11) is -2.89. The van der Waals surface area contributed by atoms with E-state index in [1.54, 1.807) is 13.8 Å². The first-order valence-corrected chi connectivity index (χ1v) is 11.8. The summed E-state index contributed by atoms with van der Waals surface area (Å²) in [5, 5.41) is 2.41. The van der Waals surface area contributed by atoms with E-state index in [0.29, 0.717) is 11.7 Å². The molecule has 0 saturated heterocycles. The quantitative estimate of drug-likeness (QED) is 0.616. The normalized spacial score (nSPS) is 21.3. The van der Waals surface area contributed by atoms with Crippen LogP contribution in [-0.4, -0.2) is 19.4 Å². The molecule has 0 amide bonds. The number of benzene rings is 2. The Labute approximate surface area is 158 Å². The second-order valence-corrected chi connectivity index (χ2v) is 10.9. The third-order valence-corrected chi connectivity index (χ3v) is 8.42. The molecule has 0 heterocycles. The van der Waals surface area contributed by atoms with Gasteiger partial charge in [0.05, 0.1) is 11.0 Å². The number of sulfone groups is 1. The monoisotopic (exact) mass is 372 g/mol. The number of hydrogen-bond acceptors (Lipinski definition) is 2. The summed E-state index contributed by atoms with van der Waals surface area (Å²) >= 11 is 0. The number of fused-ring (bicyclic) bond motifs is 1. The van der Waals surface area contributed by atoms with Gasteiger partial charge in [0.1, 0.15) is 0 Å². The van der Waals surface area contributed by atoms with E-state index in [1.165, 1.54) is 42.0 Å². The van der Waals surface area contributed by atoms with Gasteiger partial charge in [-0.1, -0.05) is 61.7 Å². The maximum absolute atomic E-state index is 12.1. The highest BCUT2D eigenvalue weighted by molar-refractivity contribution is 7.91. The second-order valence-electron chi connectivity index (χ2n) is 8.34. The van der Waals surface area contributed by atoms with E-state index >= 15 is 0 Å². The molecule has 1 aliphatic rings. The van der Waals surface area contributed by atoms with Crippen LogP contribution in [0.25, 0.3) is 10.8 Å². The summed E-state index contributed by atoms with van der Waals surface area (Å²) in [6.07, 6.45) is 8.24. The summed E-state index contributed by atoms with van der Waals surface area (Å²) in [5.74, 6) is 1.57. The van der Waals surface area contributed by atoms with Gasteiger partial charge in [-0.05, 0) is 67.7 Å². The lowest BCUT2D eigenvalue weighted by molar-refractivity contribution is 0.274. The molecule has 0 aromatic heterocycles. The molecular weight excluding hydrogens is 340 g/mol. The summed E-state index contributed by atoms with van der Waals surface area (Å²) in [6.45, 7) is 3.60. The van der Waals surface area contributed by atoms with Crippen molar-refractivity contribution >= 4 is 20.6 Å². The van der Waals surface area contributed by atoms with Gasteiger partial charge in [0, 0.05) is 0 Å². The highest BCUT2D eigenvalue weighted by Gasteiger charge is 2.26. The first kappa shape index (κ1) is 19.4. The zero-order chi connectivity index (χ0) is 18.6. The molecule has 0 spiro atoms. The van der Waals surface area contributed by atoms with Crippen LogP contribution in [-0.2, 0) is 16.3 Å². The van der Waals surface area contributed by atoms with Crippen LogP contribution in [0.15, 0.2) is 42.5 Å². The Morgan fingerprint density at radius 3 is 2.27 bits per heavy atom. The Kier molecular flexibility index (Phi) is 6.39. The fourth-order valence-corrected chi connectivity index (χ4v) is 5.57. The predicted octanol–water partition coefficient (Wildman–Crippen LogP) is 5.79. The van der Waals surface area contributed by atoms with Gasteiger partial charge >= 0.3 is 0 Å². The van der Waals surface area contributed by atoms with Gasteiger partial charge in [0.2, 0.25) is 0 Å². The van der Waals surface area contributed by atoms with Gasteiger partial charge < -0.3 is 0 Å². The van der Waals surface area contributed by atoms with Crippen LogP contribution in [0.2, 0.25) is 0 Å². The molecule has 0 unspecified atom stereocenters. The predicted molar refractivity (Wildman–Crippen MR) is 111 cm³/mol. The largest absolute Gasteiger partial charge is 0.229 e. The maximum Gasteiger partial charge on any atom is 0.152 e. The second kappa shape index (κ2) is 8.56. The van der Waals surface area contributed by atoms with Crippen molar-refractivity contribution in [3.05, 3.63) is 48.0 Å². The molecule has 1 saturated carbocycles. The van der Waals surface area contributed by atoms with Crippen molar-refractivity contribution in [2.45, 2.75) is 64.0 Å². The molecule has 1 fully saturated rings. The van der Waals surface area contributed by atoms with Gasteiger partial charge in [-0.2, -0.15) is 0 Å². The Balaban J connectivity index is 1.42. The Morgan fingerprint density at radius 2 is 1.58 bits per heavy atom. The maximum atomic E-state index is 12.1. The van der Waals surface area contributed by atoms with E-state index in [9.17, 15) is 8.42 Å². The SMILES string of the molecule is CC(C)S(=O)(=O)CC1CCC(CCCc2ccc3ccccc3c2)CC1. The molecule has 26 heavy (non-hydrogen) atoms. The van der Waals surface area contributed by atoms with E-state index in [1.807, 2.05) is 0 Å². The average molecular weight is 373 g/mol. The van der Waals surface area contributed by atoms with Crippen molar-refractivity contribution in [3.63, 3.8) is 0 Å². The molecule has 0 aliphatic heterocycles. The lowest BCUT2D eigenvalue weighted by Gasteiger charge is -2.28. The number of hydrogen-bond donors (Lipinski definition) is 0. The number of rotatable bonds is 7.